The Bertz CT molecular complexity index is 422. The summed E-state index contributed by atoms with van der Waals surface area (Å²) in [5.74, 6) is 0. The van der Waals surface area contributed by atoms with Crippen molar-refractivity contribution in [2.75, 3.05) is 6.54 Å². The quantitative estimate of drug-likeness (QED) is 0.731. The van der Waals surface area contributed by atoms with E-state index in [4.69, 9.17) is 0 Å². The van der Waals surface area contributed by atoms with Crippen LogP contribution in [0.25, 0.3) is 0 Å². The average Bonchev–Trinajstić information content (AvgIpc) is 2.38. The van der Waals surface area contributed by atoms with Crippen LogP contribution in [0.5, 0.6) is 0 Å². The topological polar surface area (TPSA) is 38.1 Å². The fourth-order valence-electron chi connectivity index (χ4n) is 1.46. The molecule has 3 heteroatoms. The molecule has 0 radical (unpaired) electrons. The van der Waals surface area contributed by atoms with Gasteiger partial charge in [0, 0.05) is 18.9 Å². The summed E-state index contributed by atoms with van der Waals surface area (Å²) in [6.45, 7) is 2.73. The average molecular weight is 211 g/mol. The third kappa shape index (κ3) is 2.31. The highest BCUT2D eigenvalue weighted by molar-refractivity contribution is 6.10. The first-order chi connectivity index (χ1) is 7.92. The van der Waals surface area contributed by atoms with Crippen LogP contribution in [0.15, 0.2) is 53.8 Å². The maximum atomic E-state index is 4.46. The number of pyridine rings is 2. The molecular weight excluding hydrogens is 198 g/mol. The van der Waals surface area contributed by atoms with Gasteiger partial charge in [0.15, 0.2) is 0 Å². The minimum Gasteiger partial charge on any atom is -0.281 e. The molecule has 0 atom stereocenters. The predicted molar refractivity (Wildman–Crippen MR) is 64.7 cm³/mol. The Morgan fingerprint density at radius 3 is 1.94 bits per heavy atom. The highest BCUT2D eigenvalue weighted by Gasteiger charge is 2.07. The molecule has 0 amide bonds. The van der Waals surface area contributed by atoms with Gasteiger partial charge in [-0.2, -0.15) is 0 Å². The van der Waals surface area contributed by atoms with Crippen molar-refractivity contribution in [3.05, 3.63) is 60.2 Å². The Labute approximate surface area is 94.9 Å². The fourth-order valence-corrected chi connectivity index (χ4v) is 1.46. The van der Waals surface area contributed by atoms with Crippen molar-refractivity contribution in [2.24, 2.45) is 4.99 Å². The number of nitrogens with zero attached hydrogens (tertiary/aromatic N) is 3. The Hall–Kier alpha value is -2.03. The van der Waals surface area contributed by atoms with Gasteiger partial charge in [-0.3, -0.25) is 15.0 Å². The maximum absolute atomic E-state index is 4.46. The Morgan fingerprint density at radius 1 is 1.00 bits per heavy atom. The van der Waals surface area contributed by atoms with Crippen molar-refractivity contribution >= 4 is 5.71 Å². The lowest BCUT2D eigenvalue weighted by atomic mass is 10.1. The van der Waals surface area contributed by atoms with E-state index in [-0.39, 0.29) is 0 Å². The second-order valence-corrected chi connectivity index (χ2v) is 3.25. The molecule has 2 aromatic rings. The number of hydrogen-bond acceptors (Lipinski definition) is 3. The van der Waals surface area contributed by atoms with Gasteiger partial charge in [-0.15, -0.1) is 0 Å². The molecule has 0 spiro atoms. The summed E-state index contributed by atoms with van der Waals surface area (Å²) in [5, 5.41) is 0. The van der Waals surface area contributed by atoms with Gasteiger partial charge in [0.05, 0.1) is 11.4 Å². The second-order valence-electron chi connectivity index (χ2n) is 3.25. The standard InChI is InChI=1S/C13H13N3/c1-2-14-13(11-7-3-5-9-15-11)12-8-4-6-10-16-12/h3-10H,2H2,1H3. The van der Waals surface area contributed by atoms with Crippen molar-refractivity contribution in [1.29, 1.82) is 0 Å². The Balaban J connectivity index is 2.44. The summed E-state index contributed by atoms with van der Waals surface area (Å²) >= 11 is 0. The van der Waals surface area contributed by atoms with E-state index >= 15 is 0 Å². The summed E-state index contributed by atoms with van der Waals surface area (Å²) < 4.78 is 0. The van der Waals surface area contributed by atoms with E-state index < -0.39 is 0 Å². The zero-order valence-electron chi connectivity index (χ0n) is 9.17. The predicted octanol–water partition coefficient (Wildman–Crippen LogP) is 2.33. The molecule has 0 unspecified atom stereocenters. The fraction of sp³-hybridized carbons (Fsp3) is 0.154. The molecule has 2 rings (SSSR count). The summed E-state index contributed by atoms with van der Waals surface area (Å²) in [5.41, 5.74) is 2.58. The largest absolute Gasteiger partial charge is 0.281 e. The van der Waals surface area contributed by atoms with Gasteiger partial charge in [-0.1, -0.05) is 12.1 Å². The molecule has 0 bridgehead atoms. The van der Waals surface area contributed by atoms with E-state index in [0.717, 1.165) is 23.6 Å². The molecule has 16 heavy (non-hydrogen) atoms. The van der Waals surface area contributed by atoms with Gasteiger partial charge in [-0.05, 0) is 31.2 Å². The molecule has 3 nitrogen and oxygen atoms in total. The Kier molecular flexibility index (Phi) is 3.38. The summed E-state index contributed by atoms with van der Waals surface area (Å²) in [7, 11) is 0. The first-order valence-electron chi connectivity index (χ1n) is 5.29. The van der Waals surface area contributed by atoms with Gasteiger partial charge in [0.2, 0.25) is 0 Å². The van der Waals surface area contributed by atoms with Crippen LogP contribution in [0.1, 0.15) is 18.3 Å². The van der Waals surface area contributed by atoms with E-state index in [2.05, 4.69) is 15.0 Å². The van der Waals surface area contributed by atoms with E-state index in [0.29, 0.717) is 0 Å². The zero-order chi connectivity index (χ0) is 11.2. The number of aromatic nitrogens is 2. The van der Waals surface area contributed by atoms with Crippen LogP contribution in [0, 0.1) is 0 Å². The molecule has 0 aliphatic rings. The lowest BCUT2D eigenvalue weighted by Crippen LogP contribution is -2.08. The van der Waals surface area contributed by atoms with Crippen molar-refractivity contribution in [1.82, 2.24) is 9.97 Å². The summed E-state index contributed by atoms with van der Waals surface area (Å²) in [6.07, 6.45) is 3.53. The number of aliphatic imine (C=N–C) groups is 1. The van der Waals surface area contributed by atoms with Gasteiger partial charge in [-0.25, -0.2) is 0 Å². The second kappa shape index (κ2) is 5.16. The monoisotopic (exact) mass is 211 g/mol. The molecule has 0 aliphatic heterocycles. The normalized spacial score (nSPS) is 9.81. The molecular formula is C13H13N3. The molecule has 0 saturated carbocycles. The lowest BCUT2D eigenvalue weighted by Gasteiger charge is -2.04. The molecule has 0 aliphatic carbocycles. The van der Waals surface area contributed by atoms with Crippen LogP contribution in [0.2, 0.25) is 0 Å². The van der Waals surface area contributed by atoms with Crippen LogP contribution < -0.4 is 0 Å². The molecule has 0 aromatic carbocycles. The van der Waals surface area contributed by atoms with Crippen LogP contribution in [-0.4, -0.2) is 22.2 Å². The van der Waals surface area contributed by atoms with Gasteiger partial charge >= 0.3 is 0 Å². The molecule has 2 heterocycles. The molecule has 0 N–H and O–H groups in total. The minimum atomic E-state index is 0.725. The minimum absolute atomic E-state index is 0.725. The van der Waals surface area contributed by atoms with Crippen molar-refractivity contribution in [3.8, 4) is 0 Å². The molecule has 80 valence electrons. The van der Waals surface area contributed by atoms with Crippen molar-refractivity contribution in [3.63, 3.8) is 0 Å². The van der Waals surface area contributed by atoms with E-state index in [1.165, 1.54) is 0 Å². The van der Waals surface area contributed by atoms with Crippen LogP contribution in [0.4, 0.5) is 0 Å². The first kappa shape index (κ1) is 10.5. The summed E-state index contributed by atoms with van der Waals surface area (Å²) in [4.78, 5) is 13.1. The van der Waals surface area contributed by atoms with E-state index in [1.807, 2.05) is 43.3 Å². The summed E-state index contributed by atoms with van der Waals surface area (Å²) in [6, 6.07) is 11.6. The molecule has 2 aromatic heterocycles. The van der Waals surface area contributed by atoms with E-state index in [9.17, 15) is 0 Å². The highest BCUT2D eigenvalue weighted by Crippen LogP contribution is 2.05. The number of rotatable bonds is 3. The Morgan fingerprint density at radius 2 is 1.56 bits per heavy atom. The van der Waals surface area contributed by atoms with E-state index in [1.54, 1.807) is 12.4 Å². The van der Waals surface area contributed by atoms with Crippen molar-refractivity contribution < 1.29 is 0 Å². The van der Waals surface area contributed by atoms with Gasteiger partial charge in [0.1, 0.15) is 5.71 Å². The van der Waals surface area contributed by atoms with Gasteiger partial charge < -0.3 is 0 Å². The smallest absolute Gasteiger partial charge is 0.109 e. The molecule has 0 saturated heterocycles. The SMILES string of the molecule is CCN=C(c1ccccn1)c1ccccn1. The third-order valence-corrected chi connectivity index (χ3v) is 2.13. The lowest BCUT2D eigenvalue weighted by molar-refractivity contribution is 1.11. The van der Waals surface area contributed by atoms with Gasteiger partial charge in [0.25, 0.3) is 0 Å². The zero-order valence-corrected chi connectivity index (χ0v) is 9.17. The first-order valence-corrected chi connectivity index (χ1v) is 5.29. The number of hydrogen-bond donors (Lipinski definition) is 0. The molecule has 0 fully saturated rings. The van der Waals surface area contributed by atoms with Crippen LogP contribution >= 0.6 is 0 Å². The van der Waals surface area contributed by atoms with Crippen molar-refractivity contribution in [2.45, 2.75) is 6.92 Å². The maximum Gasteiger partial charge on any atom is 0.109 e. The van der Waals surface area contributed by atoms with Crippen LogP contribution in [0.3, 0.4) is 0 Å². The van der Waals surface area contributed by atoms with Crippen LogP contribution in [-0.2, 0) is 0 Å². The third-order valence-electron chi connectivity index (χ3n) is 2.13. The highest BCUT2D eigenvalue weighted by atomic mass is 14.8.